The Balaban J connectivity index is 0. The van der Waals surface area contributed by atoms with Crippen molar-refractivity contribution in [3.05, 3.63) is 0 Å². The molecule has 0 amide bonds. The standard InChI is InChI=1S/C13H30N2.C2H6/c1-6-8-10-15(5)11-9-13(14-4)12(3)7-2;1-2/h12-14H,6-11H2,1-5H3;1-2H3. The summed E-state index contributed by atoms with van der Waals surface area (Å²) in [6.45, 7) is 13.3. The lowest BCUT2D eigenvalue weighted by molar-refractivity contribution is 0.277. The SMILES string of the molecule is CC.CCCCN(C)CCC(NC)C(C)CC. The van der Waals surface area contributed by atoms with Gasteiger partial charge in [-0.3, -0.25) is 0 Å². The number of hydrogen-bond acceptors (Lipinski definition) is 2. The van der Waals surface area contributed by atoms with Gasteiger partial charge in [-0.15, -0.1) is 0 Å². The molecule has 0 aliphatic rings. The molecule has 0 spiro atoms. The number of nitrogens with zero attached hydrogens (tertiary/aromatic N) is 1. The van der Waals surface area contributed by atoms with Gasteiger partial charge < -0.3 is 10.2 Å². The zero-order valence-electron chi connectivity index (χ0n) is 13.3. The van der Waals surface area contributed by atoms with Gasteiger partial charge in [0.15, 0.2) is 0 Å². The van der Waals surface area contributed by atoms with E-state index in [-0.39, 0.29) is 0 Å². The van der Waals surface area contributed by atoms with E-state index in [1.807, 2.05) is 13.8 Å². The predicted molar refractivity (Wildman–Crippen MR) is 80.7 cm³/mol. The van der Waals surface area contributed by atoms with Crippen molar-refractivity contribution in [2.75, 3.05) is 27.2 Å². The molecule has 0 rings (SSSR count). The highest BCUT2D eigenvalue weighted by Gasteiger charge is 2.13. The highest BCUT2D eigenvalue weighted by Crippen LogP contribution is 2.11. The average Bonchev–Trinajstić information content (AvgIpc) is 2.38. The highest BCUT2D eigenvalue weighted by atomic mass is 15.1. The molecule has 0 fully saturated rings. The van der Waals surface area contributed by atoms with Gasteiger partial charge in [-0.05, 0) is 45.9 Å². The topological polar surface area (TPSA) is 15.3 Å². The Morgan fingerprint density at radius 2 is 1.71 bits per heavy atom. The molecule has 0 saturated carbocycles. The van der Waals surface area contributed by atoms with E-state index in [1.54, 1.807) is 0 Å². The maximum Gasteiger partial charge on any atom is 0.0102 e. The molecule has 0 aliphatic heterocycles. The quantitative estimate of drug-likeness (QED) is 0.664. The summed E-state index contributed by atoms with van der Waals surface area (Å²) in [6, 6.07) is 0.680. The van der Waals surface area contributed by atoms with Crippen LogP contribution >= 0.6 is 0 Å². The van der Waals surface area contributed by atoms with E-state index in [0.717, 1.165) is 5.92 Å². The Kier molecular flexibility index (Phi) is 15.8. The van der Waals surface area contributed by atoms with Crippen molar-refractivity contribution in [2.24, 2.45) is 5.92 Å². The molecular formula is C15H36N2. The van der Waals surface area contributed by atoms with Crippen LogP contribution in [-0.4, -0.2) is 38.1 Å². The maximum absolute atomic E-state index is 3.44. The second kappa shape index (κ2) is 14.0. The zero-order valence-corrected chi connectivity index (χ0v) is 13.3. The Hall–Kier alpha value is -0.0800. The third-order valence-corrected chi connectivity index (χ3v) is 3.42. The lowest BCUT2D eigenvalue weighted by atomic mass is 9.96. The first kappa shape index (κ1) is 19.3. The van der Waals surface area contributed by atoms with Crippen molar-refractivity contribution in [1.82, 2.24) is 10.2 Å². The monoisotopic (exact) mass is 244 g/mol. The summed E-state index contributed by atoms with van der Waals surface area (Å²) < 4.78 is 0. The summed E-state index contributed by atoms with van der Waals surface area (Å²) >= 11 is 0. The lowest BCUT2D eigenvalue weighted by Crippen LogP contribution is -2.35. The van der Waals surface area contributed by atoms with Gasteiger partial charge in [0, 0.05) is 6.04 Å². The second-order valence-electron chi connectivity index (χ2n) is 4.73. The van der Waals surface area contributed by atoms with Crippen LogP contribution in [-0.2, 0) is 0 Å². The normalized spacial score (nSPS) is 14.1. The smallest absolute Gasteiger partial charge is 0.0102 e. The predicted octanol–water partition coefficient (Wildman–Crippen LogP) is 3.77. The molecular weight excluding hydrogens is 208 g/mol. The van der Waals surface area contributed by atoms with Crippen LogP contribution < -0.4 is 5.32 Å². The first-order valence-electron chi connectivity index (χ1n) is 7.51. The first-order chi connectivity index (χ1) is 8.15. The van der Waals surface area contributed by atoms with Gasteiger partial charge >= 0.3 is 0 Å². The van der Waals surface area contributed by atoms with E-state index in [0.29, 0.717) is 6.04 Å². The van der Waals surface area contributed by atoms with Crippen LogP contribution in [0.2, 0.25) is 0 Å². The number of nitrogens with one attached hydrogen (secondary N) is 1. The highest BCUT2D eigenvalue weighted by molar-refractivity contribution is 4.72. The minimum absolute atomic E-state index is 0.680. The van der Waals surface area contributed by atoms with Crippen LogP contribution in [0.1, 0.15) is 60.3 Å². The molecule has 0 saturated heterocycles. The molecule has 2 unspecified atom stereocenters. The first-order valence-corrected chi connectivity index (χ1v) is 7.51. The minimum Gasteiger partial charge on any atom is -0.317 e. The molecule has 2 nitrogen and oxygen atoms in total. The van der Waals surface area contributed by atoms with E-state index < -0.39 is 0 Å². The van der Waals surface area contributed by atoms with E-state index in [2.05, 4.69) is 45.1 Å². The van der Waals surface area contributed by atoms with Crippen molar-refractivity contribution in [3.8, 4) is 0 Å². The summed E-state index contributed by atoms with van der Waals surface area (Å²) in [5.41, 5.74) is 0. The van der Waals surface area contributed by atoms with Gasteiger partial charge in [0.05, 0.1) is 0 Å². The second-order valence-corrected chi connectivity index (χ2v) is 4.73. The van der Waals surface area contributed by atoms with Crippen LogP contribution in [0.4, 0.5) is 0 Å². The molecule has 0 radical (unpaired) electrons. The third-order valence-electron chi connectivity index (χ3n) is 3.42. The molecule has 1 N–H and O–H groups in total. The molecule has 0 bridgehead atoms. The Morgan fingerprint density at radius 1 is 1.12 bits per heavy atom. The zero-order chi connectivity index (χ0) is 13.7. The fourth-order valence-corrected chi connectivity index (χ4v) is 1.90. The molecule has 0 aromatic rings. The van der Waals surface area contributed by atoms with Crippen LogP contribution in [0.5, 0.6) is 0 Å². The van der Waals surface area contributed by atoms with Gasteiger partial charge in [-0.1, -0.05) is 47.5 Å². The fraction of sp³-hybridized carbons (Fsp3) is 1.00. The lowest BCUT2D eigenvalue weighted by Gasteiger charge is -2.25. The molecule has 0 aromatic heterocycles. The Morgan fingerprint density at radius 3 is 2.12 bits per heavy atom. The number of unbranched alkanes of at least 4 members (excludes halogenated alkanes) is 1. The molecule has 0 aliphatic carbocycles. The van der Waals surface area contributed by atoms with E-state index in [9.17, 15) is 0 Å². The van der Waals surface area contributed by atoms with Gasteiger partial charge in [-0.2, -0.15) is 0 Å². The summed E-state index contributed by atoms with van der Waals surface area (Å²) in [5.74, 6) is 0.787. The minimum atomic E-state index is 0.680. The van der Waals surface area contributed by atoms with E-state index in [4.69, 9.17) is 0 Å². The summed E-state index contributed by atoms with van der Waals surface area (Å²) in [5, 5.41) is 3.44. The summed E-state index contributed by atoms with van der Waals surface area (Å²) in [6.07, 6.45) is 5.16. The Bertz CT molecular complexity index is 137. The maximum atomic E-state index is 3.44. The molecule has 17 heavy (non-hydrogen) atoms. The molecule has 0 aromatic carbocycles. The van der Waals surface area contributed by atoms with Gasteiger partial charge in [-0.25, -0.2) is 0 Å². The van der Waals surface area contributed by atoms with Crippen LogP contribution in [0.3, 0.4) is 0 Å². The van der Waals surface area contributed by atoms with Gasteiger partial charge in [0.2, 0.25) is 0 Å². The van der Waals surface area contributed by atoms with E-state index in [1.165, 1.54) is 38.8 Å². The largest absolute Gasteiger partial charge is 0.317 e. The van der Waals surface area contributed by atoms with Gasteiger partial charge in [0.25, 0.3) is 0 Å². The number of rotatable bonds is 9. The number of hydrogen-bond donors (Lipinski definition) is 1. The molecule has 106 valence electrons. The van der Waals surface area contributed by atoms with Crippen molar-refractivity contribution in [3.63, 3.8) is 0 Å². The summed E-state index contributed by atoms with van der Waals surface area (Å²) in [4.78, 5) is 2.45. The molecule has 0 heterocycles. The average molecular weight is 244 g/mol. The van der Waals surface area contributed by atoms with E-state index >= 15 is 0 Å². The fourth-order valence-electron chi connectivity index (χ4n) is 1.90. The van der Waals surface area contributed by atoms with Crippen LogP contribution in [0.25, 0.3) is 0 Å². The summed E-state index contributed by atoms with van der Waals surface area (Å²) in [7, 11) is 4.32. The van der Waals surface area contributed by atoms with Crippen molar-refractivity contribution < 1.29 is 0 Å². The van der Waals surface area contributed by atoms with Crippen molar-refractivity contribution in [2.45, 2.75) is 66.3 Å². The van der Waals surface area contributed by atoms with Crippen LogP contribution in [0, 0.1) is 5.92 Å². The molecule has 2 heteroatoms. The van der Waals surface area contributed by atoms with Crippen molar-refractivity contribution >= 4 is 0 Å². The van der Waals surface area contributed by atoms with Crippen LogP contribution in [0.15, 0.2) is 0 Å². The van der Waals surface area contributed by atoms with Gasteiger partial charge in [0.1, 0.15) is 0 Å². The third kappa shape index (κ3) is 10.8. The Labute approximate surface area is 110 Å². The van der Waals surface area contributed by atoms with Crippen molar-refractivity contribution in [1.29, 1.82) is 0 Å². The molecule has 2 atom stereocenters.